The van der Waals surface area contributed by atoms with E-state index in [1.54, 1.807) is 31.4 Å². The van der Waals surface area contributed by atoms with Gasteiger partial charge in [-0.1, -0.05) is 15.9 Å². The Kier molecular flexibility index (Phi) is 3.92. The standard InChI is InChI=1S/C23H20BrN3O4/c1-31-14-7-5-13(6-8-14)27-20(28)18-17-3-2-10-26(17)23(19(18)21(27)29)15-11-12(24)4-9-16(15)25-22(23)30/h4-9,11,17-19H,2-3,10H2,1H3,(H,25,30)/t17-,18+,19+,23+/m0/s1. The van der Waals surface area contributed by atoms with Crippen LogP contribution in [0.25, 0.3) is 0 Å². The molecule has 0 aromatic heterocycles. The number of carbonyl (C=O) groups excluding carboxylic acids is 3. The Hall–Kier alpha value is -2.71. The highest BCUT2D eigenvalue weighted by atomic mass is 79.9. The topological polar surface area (TPSA) is 79.0 Å². The Balaban J connectivity index is 1.53. The molecule has 1 N–H and O–H groups in total. The highest BCUT2D eigenvalue weighted by molar-refractivity contribution is 9.10. The molecule has 0 aliphatic carbocycles. The molecule has 3 saturated heterocycles. The quantitative estimate of drug-likeness (QED) is 0.667. The molecule has 0 saturated carbocycles. The summed E-state index contributed by atoms with van der Waals surface area (Å²) in [5.41, 5.74) is 0.850. The van der Waals surface area contributed by atoms with Gasteiger partial charge in [-0.3, -0.25) is 19.3 Å². The second kappa shape index (κ2) is 6.40. The van der Waals surface area contributed by atoms with Crippen LogP contribution in [0.2, 0.25) is 0 Å². The predicted octanol–water partition coefficient (Wildman–Crippen LogP) is 2.89. The number of ether oxygens (including phenoxy) is 1. The summed E-state index contributed by atoms with van der Waals surface area (Å²) < 4.78 is 6.04. The van der Waals surface area contributed by atoms with E-state index in [0.29, 0.717) is 23.7 Å². The molecule has 0 bridgehead atoms. The van der Waals surface area contributed by atoms with Crippen LogP contribution in [0.15, 0.2) is 46.9 Å². The molecule has 4 heterocycles. The summed E-state index contributed by atoms with van der Waals surface area (Å²) in [6, 6.07) is 12.4. The van der Waals surface area contributed by atoms with Gasteiger partial charge in [0.15, 0.2) is 0 Å². The van der Waals surface area contributed by atoms with E-state index < -0.39 is 17.4 Å². The van der Waals surface area contributed by atoms with Gasteiger partial charge in [-0.15, -0.1) is 0 Å². The number of anilines is 2. The number of rotatable bonds is 2. The van der Waals surface area contributed by atoms with Crippen LogP contribution in [-0.2, 0) is 19.9 Å². The number of imide groups is 1. The molecule has 2 aromatic rings. The van der Waals surface area contributed by atoms with E-state index >= 15 is 0 Å². The summed E-state index contributed by atoms with van der Waals surface area (Å²) in [5, 5.41) is 2.99. The number of nitrogens with zero attached hydrogens (tertiary/aromatic N) is 2. The fraction of sp³-hybridized carbons (Fsp3) is 0.348. The zero-order valence-electron chi connectivity index (χ0n) is 16.8. The number of hydrogen-bond donors (Lipinski definition) is 1. The highest BCUT2D eigenvalue weighted by Gasteiger charge is 2.74. The Bertz CT molecular complexity index is 1150. The van der Waals surface area contributed by atoms with Crippen molar-refractivity contribution >= 4 is 45.0 Å². The molecular formula is C23H20BrN3O4. The lowest BCUT2D eigenvalue weighted by molar-refractivity contribution is -0.135. The van der Waals surface area contributed by atoms with E-state index in [4.69, 9.17) is 4.74 Å². The van der Waals surface area contributed by atoms with Crippen molar-refractivity contribution in [3.8, 4) is 5.75 Å². The Morgan fingerprint density at radius 2 is 1.87 bits per heavy atom. The van der Waals surface area contributed by atoms with Crippen molar-refractivity contribution in [3.05, 3.63) is 52.5 Å². The van der Waals surface area contributed by atoms with Gasteiger partial charge in [0.25, 0.3) is 0 Å². The monoisotopic (exact) mass is 481 g/mol. The third-order valence-corrected chi connectivity index (χ3v) is 7.78. The summed E-state index contributed by atoms with van der Waals surface area (Å²) in [6.45, 7) is 0.695. The average Bonchev–Trinajstić information content (AvgIpc) is 3.47. The van der Waals surface area contributed by atoms with Gasteiger partial charge in [0.05, 0.1) is 24.6 Å². The lowest BCUT2D eigenvalue weighted by Gasteiger charge is -2.36. The van der Waals surface area contributed by atoms with Crippen LogP contribution in [0.1, 0.15) is 18.4 Å². The second-order valence-corrected chi connectivity index (χ2v) is 9.44. The van der Waals surface area contributed by atoms with Gasteiger partial charge < -0.3 is 10.1 Å². The maximum Gasteiger partial charge on any atom is 0.250 e. The molecule has 31 heavy (non-hydrogen) atoms. The summed E-state index contributed by atoms with van der Waals surface area (Å²) in [6.07, 6.45) is 1.70. The number of hydrogen-bond acceptors (Lipinski definition) is 5. The zero-order valence-corrected chi connectivity index (χ0v) is 18.4. The second-order valence-electron chi connectivity index (χ2n) is 8.53. The van der Waals surface area contributed by atoms with Crippen LogP contribution in [0.3, 0.4) is 0 Å². The Labute approximate surface area is 187 Å². The van der Waals surface area contributed by atoms with Crippen LogP contribution in [0.5, 0.6) is 5.75 Å². The van der Waals surface area contributed by atoms with Gasteiger partial charge in [-0.25, -0.2) is 4.90 Å². The number of nitrogens with one attached hydrogen (secondary N) is 1. The molecule has 4 aliphatic rings. The molecule has 4 aliphatic heterocycles. The summed E-state index contributed by atoms with van der Waals surface area (Å²) in [5.74, 6) is -1.37. The molecule has 0 radical (unpaired) electrons. The minimum atomic E-state index is -1.15. The maximum absolute atomic E-state index is 13.8. The van der Waals surface area contributed by atoms with Crippen molar-refractivity contribution in [1.82, 2.24) is 4.90 Å². The van der Waals surface area contributed by atoms with Crippen molar-refractivity contribution in [2.75, 3.05) is 23.9 Å². The molecule has 4 atom stereocenters. The van der Waals surface area contributed by atoms with Crippen LogP contribution >= 0.6 is 15.9 Å². The number of amides is 3. The molecular weight excluding hydrogens is 462 g/mol. The third kappa shape index (κ3) is 2.24. The van der Waals surface area contributed by atoms with Crippen molar-refractivity contribution in [3.63, 3.8) is 0 Å². The first-order valence-electron chi connectivity index (χ1n) is 10.4. The minimum Gasteiger partial charge on any atom is -0.497 e. The fourth-order valence-electron chi connectivity index (χ4n) is 6.16. The van der Waals surface area contributed by atoms with Gasteiger partial charge in [-0.05, 0) is 61.9 Å². The van der Waals surface area contributed by atoms with Crippen molar-refractivity contribution < 1.29 is 19.1 Å². The first kappa shape index (κ1) is 19.0. The van der Waals surface area contributed by atoms with Crippen molar-refractivity contribution in [2.24, 2.45) is 11.8 Å². The van der Waals surface area contributed by atoms with Crippen LogP contribution in [0.4, 0.5) is 11.4 Å². The molecule has 0 unspecified atom stereocenters. The fourth-order valence-corrected chi connectivity index (χ4v) is 6.52. The van der Waals surface area contributed by atoms with E-state index in [1.165, 1.54) is 4.90 Å². The van der Waals surface area contributed by atoms with Crippen LogP contribution in [-0.4, -0.2) is 42.3 Å². The van der Waals surface area contributed by atoms with E-state index in [9.17, 15) is 14.4 Å². The molecule has 1 spiro atoms. The number of halogens is 1. The van der Waals surface area contributed by atoms with Crippen molar-refractivity contribution in [1.29, 1.82) is 0 Å². The molecule has 7 nitrogen and oxygen atoms in total. The van der Waals surface area contributed by atoms with Gasteiger partial charge >= 0.3 is 0 Å². The Morgan fingerprint density at radius 1 is 1.10 bits per heavy atom. The van der Waals surface area contributed by atoms with Gasteiger partial charge in [0, 0.05) is 21.8 Å². The van der Waals surface area contributed by atoms with E-state index in [0.717, 1.165) is 22.9 Å². The molecule has 8 heteroatoms. The van der Waals surface area contributed by atoms with E-state index in [-0.39, 0.29) is 23.8 Å². The minimum absolute atomic E-state index is 0.125. The average molecular weight is 482 g/mol. The first-order chi connectivity index (χ1) is 15.0. The summed E-state index contributed by atoms with van der Waals surface area (Å²) in [7, 11) is 1.57. The van der Waals surface area contributed by atoms with Gasteiger partial charge in [0.1, 0.15) is 11.3 Å². The SMILES string of the molecule is COc1ccc(N2C(=O)[C@@H]3[C@@H]4CCCN4[C@@]4(C(=O)Nc5ccc(Br)cc54)[C@H]3C2=O)cc1. The molecule has 2 aromatic carbocycles. The van der Waals surface area contributed by atoms with Gasteiger partial charge in [-0.2, -0.15) is 0 Å². The van der Waals surface area contributed by atoms with E-state index in [2.05, 4.69) is 26.1 Å². The summed E-state index contributed by atoms with van der Waals surface area (Å²) >= 11 is 3.52. The number of benzene rings is 2. The lowest BCUT2D eigenvalue weighted by Crippen LogP contribution is -2.54. The number of fused-ring (bicyclic) bond motifs is 7. The zero-order chi connectivity index (χ0) is 21.5. The summed E-state index contributed by atoms with van der Waals surface area (Å²) in [4.78, 5) is 44.4. The highest BCUT2D eigenvalue weighted by Crippen LogP contribution is 2.60. The number of methoxy groups -OCH3 is 1. The first-order valence-corrected chi connectivity index (χ1v) is 11.2. The smallest absolute Gasteiger partial charge is 0.250 e. The maximum atomic E-state index is 13.8. The molecule has 6 rings (SSSR count). The van der Waals surface area contributed by atoms with Crippen LogP contribution in [0, 0.1) is 11.8 Å². The van der Waals surface area contributed by atoms with E-state index in [1.807, 2.05) is 18.2 Å². The molecule has 158 valence electrons. The molecule has 3 amide bonds. The van der Waals surface area contributed by atoms with Crippen LogP contribution < -0.4 is 15.0 Å². The van der Waals surface area contributed by atoms with Gasteiger partial charge in [0.2, 0.25) is 17.7 Å². The predicted molar refractivity (Wildman–Crippen MR) is 117 cm³/mol. The largest absolute Gasteiger partial charge is 0.497 e. The van der Waals surface area contributed by atoms with Crippen molar-refractivity contribution in [2.45, 2.75) is 24.4 Å². The third-order valence-electron chi connectivity index (χ3n) is 7.29. The number of carbonyl (C=O) groups is 3. The lowest BCUT2D eigenvalue weighted by atomic mass is 9.75. The normalized spacial score (nSPS) is 31.2. The Morgan fingerprint density at radius 3 is 2.61 bits per heavy atom. The molecule has 3 fully saturated rings.